The van der Waals surface area contributed by atoms with Crippen molar-refractivity contribution in [1.82, 2.24) is 4.98 Å². The third-order valence-electron chi connectivity index (χ3n) is 3.26. The first kappa shape index (κ1) is 13.2. The number of carbonyl (C=O) groups excluding carboxylic acids is 1. The summed E-state index contributed by atoms with van der Waals surface area (Å²) in [5, 5.41) is 3.86. The number of carbonyl (C=O) groups is 1. The third-order valence-corrected chi connectivity index (χ3v) is 3.26. The molecule has 0 aliphatic heterocycles. The minimum atomic E-state index is -0.177. The first-order chi connectivity index (χ1) is 10.2. The Balaban J connectivity index is 1.64. The van der Waals surface area contributed by atoms with Gasteiger partial charge >= 0.3 is 0 Å². The van der Waals surface area contributed by atoms with E-state index in [-0.39, 0.29) is 12.5 Å². The van der Waals surface area contributed by atoms with Crippen LogP contribution in [0.2, 0.25) is 0 Å². The Labute approximate surface area is 122 Å². The number of nitrogens with one attached hydrogen (secondary N) is 2. The van der Waals surface area contributed by atoms with Gasteiger partial charge in [0, 0.05) is 17.1 Å². The molecule has 3 aromatic rings. The quantitative estimate of drug-likeness (QED) is 0.768. The second kappa shape index (κ2) is 5.71. The van der Waals surface area contributed by atoms with E-state index in [9.17, 15) is 4.79 Å². The molecule has 2 aromatic carbocycles. The maximum absolute atomic E-state index is 12.0. The van der Waals surface area contributed by atoms with Gasteiger partial charge in [-0.25, -0.2) is 0 Å². The molecule has 106 valence electrons. The van der Waals surface area contributed by atoms with Crippen molar-refractivity contribution in [3.05, 3.63) is 60.3 Å². The molecule has 0 unspecified atom stereocenters. The molecule has 1 amide bonds. The molecule has 0 saturated heterocycles. The monoisotopic (exact) mass is 280 g/mol. The van der Waals surface area contributed by atoms with Crippen molar-refractivity contribution in [1.29, 1.82) is 0 Å². The van der Waals surface area contributed by atoms with Crippen LogP contribution in [0.25, 0.3) is 10.9 Å². The van der Waals surface area contributed by atoms with Crippen LogP contribution >= 0.6 is 0 Å². The zero-order chi connectivity index (χ0) is 14.7. The van der Waals surface area contributed by atoms with E-state index >= 15 is 0 Å². The van der Waals surface area contributed by atoms with Crippen LogP contribution in [0.1, 0.15) is 5.56 Å². The minimum absolute atomic E-state index is 0.0100. The van der Waals surface area contributed by atoms with E-state index in [1.807, 2.05) is 61.7 Å². The van der Waals surface area contributed by atoms with E-state index in [1.54, 1.807) is 0 Å². The number of benzene rings is 2. The molecule has 0 atom stereocenters. The van der Waals surface area contributed by atoms with Gasteiger partial charge in [0.05, 0.1) is 5.69 Å². The molecule has 4 nitrogen and oxygen atoms in total. The highest BCUT2D eigenvalue weighted by molar-refractivity contribution is 6.01. The number of aromatic nitrogens is 1. The zero-order valence-corrected chi connectivity index (χ0v) is 11.7. The molecule has 1 heterocycles. The molecule has 0 radical (unpaired) electrons. The molecule has 2 N–H and O–H groups in total. The average molecular weight is 280 g/mol. The van der Waals surface area contributed by atoms with Gasteiger partial charge in [-0.15, -0.1) is 0 Å². The molecule has 21 heavy (non-hydrogen) atoms. The van der Waals surface area contributed by atoms with Crippen LogP contribution in [-0.2, 0) is 4.79 Å². The lowest BCUT2D eigenvalue weighted by molar-refractivity contribution is -0.118. The largest absolute Gasteiger partial charge is 0.484 e. The number of aryl methyl sites for hydroxylation is 1. The summed E-state index contributed by atoms with van der Waals surface area (Å²) in [4.78, 5) is 15.1. The lowest BCUT2D eigenvalue weighted by Gasteiger charge is -2.08. The van der Waals surface area contributed by atoms with Crippen LogP contribution in [0.15, 0.2) is 54.7 Å². The highest BCUT2D eigenvalue weighted by Crippen LogP contribution is 2.22. The Morgan fingerprint density at radius 1 is 1.14 bits per heavy atom. The van der Waals surface area contributed by atoms with Gasteiger partial charge in [-0.05, 0) is 37.3 Å². The fourth-order valence-corrected chi connectivity index (χ4v) is 2.16. The molecule has 4 heteroatoms. The van der Waals surface area contributed by atoms with Crippen molar-refractivity contribution in [3.8, 4) is 5.75 Å². The van der Waals surface area contributed by atoms with Gasteiger partial charge in [0.1, 0.15) is 5.75 Å². The van der Waals surface area contributed by atoms with Gasteiger partial charge in [-0.3, -0.25) is 4.79 Å². The van der Waals surface area contributed by atoms with Crippen molar-refractivity contribution >= 4 is 22.5 Å². The van der Waals surface area contributed by atoms with Gasteiger partial charge in [0.2, 0.25) is 0 Å². The molecular weight excluding hydrogens is 264 g/mol. The van der Waals surface area contributed by atoms with E-state index in [0.717, 1.165) is 22.2 Å². The average Bonchev–Trinajstić information content (AvgIpc) is 2.96. The molecule has 0 aliphatic rings. The molecule has 3 rings (SSSR count). The molecule has 0 bridgehead atoms. The van der Waals surface area contributed by atoms with E-state index < -0.39 is 0 Å². The summed E-state index contributed by atoms with van der Waals surface area (Å²) in [5.41, 5.74) is 2.93. The first-order valence-corrected chi connectivity index (χ1v) is 6.78. The summed E-state index contributed by atoms with van der Waals surface area (Å²) in [7, 11) is 0. The Kier molecular flexibility index (Phi) is 3.60. The van der Waals surface area contributed by atoms with Crippen LogP contribution in [0, 0.1) is 6.92 Å². The lowest BCUT2D eigenvalue weighted by Crippen LogP contribution is -2.20. The maximum Gasteiger partial charge on any atom is 0.262 e. The van der Waals surface area contributed by atoms with Gasteiger partial charge in [0.25, 0.3) is 5.91 Å². The Morgan fingerprint density at radius 3 is 2.76 bits per heavy atom. The fourth-order valence-electron chi connectivity index (χ4n) is 2.16. The molecule has 0 aliphatic carbocycles. The number of ether oxygens (including phenoxy) is 1. The fraction of sp³-hybridized carbons (Fsp3) is 0.118. The van der Waals surface area contributed by atoms with Crippen LogP contribution in [-0.4, -0.2) is 17.5 Å². The summed E-state index contributed by atoms with van der Waals surface area (Å²) in [6, 6.07) is 15.3. The van der Waals surface area contributed by atoms with E-state index in [2.05, 4.69) is 10.3 Å². The second-order valence-electron chi connectivity index (χ2n) is 4.89. The van der Waals surface area contributed by atoms with Gasteiger partial charge < -0.3 is 15.0 Å². The Bertz CT molecular complexity index is 760. The predicted molar refractivity (Wildman–Crippen MR) is 83.6 cm³/mol. The highest BCUT2D eigenvalue weighted by Gasteiger charge is 2.07. The number of H-pyrrole nitrogens is 1. The Morgan fingerprint density at radius 2 is 1.95 bits per heavy atom. The normalized spacial score (nSPS) is 10.5. The van der Waals surface area contributed by atoms with Crippen LogP contribution in [0.3, 0.4) is 0 Å². The number of anilines is 1. The molecule has 0 fully saturated rings. The molecule has 1 aromatic heterocycles. The summed E-state index contributed by atoms with van der Waals surface area (Å²) in [6.45, 7) is 2.00. The SMILES string of the molecule is Cc1ccc(OCC(=O)Nc2cccc3[nH]ccc23)cc1. The summed E-state index contributed by atoms with van der Waals surface area (Å²) in [5.74, 6) is 0.514. The third kappa shape index (κ3) is 3.05. The standard InChI is InChI=1S/C17H16N2O2/c1-12-5-7-13(8-6-12)21-11-17(20)19-16-4-2-3-15-14(16)9-10-18-15/h2-10,18H,11H2,1H3,(H,19,20). The molecule has 0 saturated carbocycles. The van der Waals surface area contributed by atoms with Crippen molar-refractivity contribution in [2.45, 2.75) is 6.92 Å². The van der Waals surface area contributed by atoms with E-state index in [0.29, 0.717) is 5.75 Å². The number of amides is 1. The number of aromatic amines is 1. The maximum atomic E-state index is 12.0. The topological polar surface area (TPSA) is 54.1 Å². The number of hydrogen-bond donors (Lipinski definition) is 2. The number of hydrogen-bond acceptors (Lipinski definition) is 2. The minimum Gasteiger partial charge on any atom is -0.484 e. The van der Waals surface area contributed by atoms with Crippen molar-refractivity contribution < 1.29 is 9.53 Å². The number of rotatable bonds is 4. The van der Waals surface area contributed by atoms with Crippen LogP contribution in [0.4, 0.5) is 5.69 Å². The Hall–Kier alpha value is -2.75. The van der Waals surface area contributed by atoms with E-state index in [4.69, 9.17) is 4.74 Å². The smallest absolute Gasteiger partial charge is 0.262 e. The van der Waals surface area contributed by atoms with Crippen molar-refractivity contribution in [3.63, 3.8) is 0 Å². The van der Waals surface area contributed by atoms with Crippen LogP contribution in [0.5, 0.6) is 5.75 Å². The van der Waals surface area contributed by atoms with Crippen molar-refractivity contribution in [2.75, 3.05) is 11.9 Å². The first-order valence-electron chi connectivity index (χ1n) is 6.78. The summed E-state index contributed by atoms with van der Waals surface area (Å²) < 4.78 is 5.47. The van der Waals surface area contributed by atoms with Gasteiger partial charge in [-0.2, -0.15) is 0 Å². The van der Waals surface area contributed by atoms with Gasteiger partial charge in [-0.1, -0.05) is 23.8 Å². The highest BCUT2D eigenvalue weighted by atomic mass is 16.5. The lowest BCUT2D eigenvalue weighted by atomic mass is 10.2. The van der Waals surface area contributed by atoms with Gasteiger partial charge in [0.15, 0.2) is 6.61 Å². The predicted octanol–water partition coefficient (Wildman–Crippen LogP) is 3.49. The zero-order valence-electron chi connectivity index (χ0n) is 11.7. The summed E-state index contributed by atoms with van der Waals surface area (Å²) in [6.07, 6.45) is 1.85. The molecular formula is C17H16N2O2. The van der Waals surface area contributed by atoms with Crippen molar-refractivity contribution in [2.24, 2.45) is 0 Å². The second-order valence-corrected chi connectivity index (χ2v) is 4.89. The molecule has 0 spiro atoms. The summed E-state index contributed by atoms with van der Waals surface area (Å²) >= 11 is 0. The van der Waals surface area contributed by atoms with E-state index in [1.165, 1.54) is 0 Å². The van der Waals surface area contributed by atoms with Crippen LogP contribution < -0.4 is 10.1 Å². The number of fused-ring (bicyclic) bond motifs is 1.